The third-order valence-corrected chi connectivity index (χ3v) is 6.02. The summed E-state index contributed by atoms with van der Waals surface area (Å²) in [6, 6.07) is 23.6. The van der Waals surface area contributed by atoms with Crippen LogP contribution in [0.5, 0.6) is 0 Å². The van der Waals surface area contributed by atoms with Gasteiger partial charge >= 0.3 is 0 Å². The number of anilines is 1. The number of carbonyl (C=O) groups is 1. The summed E-state index contributed by atoms with van der Waals surface area (Å²) in [5.74, 6) is -0.205. The van der Waals surface area contributed by atoms with Gasteiger partial charge in [0, 0.05) is 34.9 Å². The Kier molecular flexibility index (Phi) is 6.37. The molecule has 0 spiro atoms. The van der Waals surface area contributed by atoms with E-state index in [1.165, 1.54) is 6.08 Å². The van der Waals surface area contributed by atoms with Gasteiger partial charge in [-0.05, 0) is 54.0 Å². The van der Waals surface area contributed by atoms with Crippen LogP contribution in [0.4, 0.5) is 5.69 Å². The number of benzene rings is 3. The van der Waals surface area contributed by atoms with Gasteiger partial charge in [-0.1, -0.05) is 48.5 Å². The number of sulfonamides is 1. The minimum absolute atomic E-state index is 0.205. The third kappa shape index (κ3) is 5.44. The van der Waals surface area contributed by atoms with E-state index in [2.05, 4.69) is 21.1 Å². The molecular formula is C25H23N3O3S. The predicted molar refractivity (Wildman–Crippen MR) is 129 cm³/mol. The summed E-state index contributed by atoms with van der Waals surface area (Å²) >= 11 is 0. The molecular weight excluding hydrogens is 422 g/mol. The molecule has 7 heteroatoms. The molecule has 0 radical (unpaired) electrons. The van der Waals surface area contributed by atoms with Crippen LogP contribution in [0.3, 0.4) is 0 Å². The Morgan fingerprint density at radius 3 is 2.41 bits per heavy atom. The third-order valence-electron chi connectivity index (χ3n) is 5.00. The number of aromatic amines is 1. The minimum Gasteiger partial charge on any atom is -0.361 e. The highest BCUT2D eigenvalue weighted by molar-refractivity contribution is 7.95. The number of hydrogen-bond acceptors (Lipinski definition) is 3. The lowest BCUT2D eigenvalue weighted by Crippen LogP contribution is -2.25. The van der Waals surface area contributed by atoms with Crippen molar-refractivity contribution in [1.29, 1.82) is 0 Å². The quantitative estimate of drug-likeness (QED) is 0.371. The van der Waals surface area contributed by atoms with Crippen LogP contribution in [0.1, 0.15) is 21.5 Å². The second-order valence-corrected chi connectivity index (χ2v) is 8.87. The summed E-state index contributed by atoms with van der Waals surface area (Å²) in [6.45, 7) is 0.499. The van der Waals surface area contributed by atoms with Crippen LogP contribution >= 0.6 is 0 Å². The highest BCUT2D eigenvalue weighted by Crippen LogP contribution is 2.18. The first-order chi connectivity index (χ1) is 15.5. The van der Waals surface area contributed by atoms with E-state index in [0.717, 1.165) is 27.4 Å². The lowest BCUT2D eigenvalue weighted by atomic mass is 10.1. The van der Waals surface area contributed by atoms with Gasteiger partial charge in [0.15, 0.2) is 0 Å². The Balaban J connectivity index is 1.31. The molecule has 0 saturated heterocycles. The molecule has 0 saturated carbocycles. The van der Waals surface area contributed by atoms with Crippen molar-refractivity contribution < 1.29 is 13.2 Å². The molecule has 162 valence electrons. The summed E-state index contributed by atoms with van der Waals surface area (Å²) in [4.78, 5) is 15.7. The fraction of sp³-hybridized carbons (Fsp3) is 0.0800. The first-order valence-electron chi connectivity index (χ1n) is 10.2. The van der Waals surface area contributed by atoms with Crippen LogP contribution in [0.15, 0.2) is 90.5 Å². The fourth-order valence-corrected chi connectivity index (χ4v) is 4.24. The maximum atomic E-state index is 12.4. The zero-order chi connectivity index (χ0) is 22.4. The molecule has 6 nitrogen and oxygen atoms in total. The van der Waals surface area contributed by atoms with E-state index in [1.807, 2.05) is 54.7 Å². The summed E-state index contributed by atoms with van der Waals surface area (Å²) in [5, 5.41) is 5.18. The van der Waals surface area contributed by atoms with Gasteiger partial charge in [0.05, 0.1) is 5.41 Å². The highest BCUT2D eigenvalue weighted by atomic mass is 32.2. The van der Waals surface area contributed by atoms with Gasteiger partial charge in [-0.2, -0.15) is 0 Å². The van der Waals surface area contributed by atoms with Crippen LogP contribution < -0.4 is 10.0 Å². The van der Waals surface area contributed by atoms with E-state index < -0.39 is 10.0 Å². The summed E-state index contributed by atoms with van der Waals surface area (Å²) in [6.07, 6.45) is 4.20. The molecule has 0 aliphatic carbocycles. The van der Waals surface area contributed by atoms with Gasteiger partial charge in [0.2, 0.25) is 0 Å². The van der Waals surface area contributed by atoms with Gasteiger partial charge < -0.3 is 10.3 Å². The number of carbonyl (C=O) groups excluding carboxylic acids is 1. The van der Waals surface area contributed by atoms with Crippen molar-refractivity contribution in [2.24, 2.45) is 0 Å². The van der Waals surface area contributed by atoms with E-state index in [0.29, 0.717) is 24.2 Å². The molecule has 4 rings (SSSR count). The molecule has 32 heavy (non-hydrogen) atoms. The van der Waals surface area contributed by atoms with Crippen LogP contribution in [-0.4, -0.2) is 25.9 Å². The topological polar surface area (TPSA) is 91.1 Å². The molecule has 3 N–H and O–H groups in total. The normalized spacial score (nSPS) is 11.6. The number of H-pyrrole nitrogens is 1. The first kappa shape index (κ1) is 21.4. The second-order valence-electron chi connectivity index (χ2n) is 7.30. The Morgan fingerprint density at radius 2 is 1.62 bits per heavy atom. The van der Waals surface area contributed by atoms with Crippen molar-refractivity contribution in [1.82, 2.24) is 10.3 Å². The molecule has 4 aromatic rings. The number of amides is 1. The van der Waals surface area contributed by atoms with Gasteiger partial charge in [-0.15, -0.1) is 0 Å². The number of nitrogens with one attached hydrogen (secondary N) is 3. The lowest BCUT2D eigenvalue weighted by Gasteiger charge is -2.07. The van der Waals surface area contributed by atoms with Crippen molar-refractivity contribution in [2.45, 2.75) is 6.42 Å². The standard InChI is InChI=1S/C25H23N3O3S/c29-25(26-16-14-21-18-27-24-9-5-4-8-23(21)24)20-10-12-22(13-11-20)28-32(30,31)17-15-19-6-2-1-3-7-19/h1-13,15,17-18,27-28H,14,16H2,(H,26,29). The van der Waals surface area contributed by atoms with Crippen molar-refractivity contribution in [3.05, 3.63) is 107 Å². The molecule has 0 fully saturated rings. The molecule has 1 aromatic heterocycles. The van der Waals surface area contributed by atoms with Crippen molar-refractivity contribution in [3.63, 3.8) is 0 Å². The number of fused-ring (bicyclic) bond motifs is 1. The molecule has 1 heterocycles. The monoisotopic (exact) mass is 445 g/mol. The minimum atomic E-state index is -3.66. The fourth-order valence-electron chi connectivity index (χ4n) is 3.37. The Labute approximate surface area is 187 Å². The average molecular weight is 446 g/mol. The Hall–Kier alpha value is -3.84. The molecule has 0 atom stereocenters. The second kappa shape index (κ2) is 9.53. The Morgan fingerprint density at radius 1 is 0.906 bits per heavy atom. The van der Waals surface area contributed by atoms with Crippen molar-refractivity contribution >= 4 is 38.6 Å². The molecule has 0 aliphatic rings. The van der Waals surface area contributed by atoms with Crippen LogP contribution in [0.25, 0.3) is 17.0 Å². The smallest absolute Gasteiger partial charge is 0.255 e. The summed E-state index contributed by atoms with van der Waals surface area (Å²) in [5.41, 5.74) is 3.86. The predicted octanol–water partition coefficient (Wildman–Crippen LogP) is 4.55. The van der Waals surface area contributed by atoms with Gasteiger partial charge in [-0.25, -0.2) is 8.42 Å². The van der Waals surface area contributed by atoms with Gasteiger partial charge in [-0.3, -0.25) is 9.52 Å². The molecule has 3 aromatic carbocycles. The zero-order valence-corrected chi connectivity index (χ0v) is 18.1. The van der Waals surface area contributed by atoms with Crippen molar-refractivity contribution in [3.8, 4) is 0 Å². The largest absolute Gasteiger partial charge is 0.361 e. The SMILES string of the molecule is O=C(NCCc1c[nH]c2ccccc12)c1ccc(NS(=O)(=O)C=Cc2ccccc2)cc1. The number of aromatic nitrogens is 1. The molecule has 0 unspecified atom stereocenters. The number of rotatable bonds is 8. The number of hydrogen-bond donors (Lipinski definition) is 3. The van der Waals surface area contributed by atoms with Gasteiger partial charge in [0.1, 0.15) is 0 Å². The number of para-hydroxylation sites is 1. The van der Waals surface area contributed by atoms with E-state index in [-0.39, 0.29) is 5.91 Å². The van der Waals surface area contributed by atoms with Crippen LogP contribution in [0, 0.1) is 0 Å². The lowest BCUT2D eigenvalue weighted by molar-refractivity contribution is 0.0954. The average Bonchev–Trinajstić information content (AvgIpc) is 3.22. The van der Waals surface area contributed by atoms with Crippen LogP contribution in [0.2, 0.25) is 0 Å². The first-order valence-corrected chi connectivity index (χ1v) is 11.7. The summed E-state index contributed by atoms with van der Waals surface area (Å²) in [7, 11) is -3.66. The molecule has 1 amide bonds. The van der Waals surface area contributed by atoms with E-state index in [9.17, 15) is 13.2 Å². The highest BCUT2D eigenvalue weighted by Gasteiger charge is 2.09. The van der Waals surface area contributed by atoms with Crippen LogP contribution in [-0.2, 0) is 16.4 Å². The zero-order valence-electron chi connectivity index (χ0n) is 17.3. The Bertz CT molecular complexity index is 1340. The summed E-state index contributed by atoms with van der Waals surface area (Å²) < 4.78 is 27.0. The van der Waals surface area contributed by atoms with E-state index in [1.54, 1.807) is 24.3 Å². The van der Waals surface area contributed by atoms with E-state index in [4.69, 9.17) is 0 Å². The molecule has 0 aliphatic heterocycles. The maximum absolute atomic E-state index is 12.4. The van der Waals surface area contributed by atoms with Gasteiger partial charge in [0.25, 0.3) is 15.9 Å². The van der Waals surface area contributed by atoms with Crippen molar-refractivity contribution in [2.75, 3.05) is 11.3 Å². The molecule has 0 bridgehead atoms. The van der Waals surface area contributed by atoms with E-state index >= 15 is 0 Å². The maximum Gasteiger partial charge on any atom is 0.255 e.